The van der Waals surface area contributed by atoms with Crippen LogP contribution in [0.5, 0.6) is 0 Å². The highest BCUT2D eigenvalue weighted by Crippen LogP contribution is 2.12. The summed E-state index contributed by atoms with van der Waals surface area (Å²) in [6, 6.07) is 4.96. The number of carbonyl (C=O) groups excluding carboxylic acids is 1. The van der Waals surface area contributed by atoms with Crippen molar-refractivity contribution in [3.8, 4) is 0 Å². The van der Waals surface area contributed by atoms with Crippen molar-refractivity contribution in [3.05, 3.63) is 23.8 Å². The molecular formula is C11H12N4O3. The zero-order valence-corrected chi connectivity index (χ0v) is 9.75. The van der Waals surface area contributed by atoms with Crippen LogP contribution in [0.3, 0.4) is 0 Å². The third kappa shape index (κ3) is 2.45. The highest BCUT2D eigenvalue weighted by atomic mass is 16.4. The molecule has 0 saturated carbocycles. The van der Waals surface area contributed by atoms with Crippen molar-refractivity contribution in [1.29, 1.82) is 0 Å². The second-order valence-corrected chi connectivity index (χ2v) is 3.90. The van der Waals surface area contributed by atoms with Gasteiger partial charge in [-0.05, 0) is 18.2 Å². The first-order valence-corrected chi connectivity index (χ1v) is 5.35. The van der Waals surface area contributed by atoms with Crippen LogP contribution in [0.1, 0.15) is 16.8 Å². The number of hydrogen-bond donors (Lipinski definition) is 2. The number of rotatable bonds is 4. The van der Waals surface area contributed by atoms with E-state index in [-0.39, 0.29) is 18.9 Å². The molecule has 0 bridgehead atoms. The zero-order chi connectivity index (χ0) is 13.1. The lowest BCUT2D eigenvalue weighted by molar-refractivity contribution is -0.137. The van der Waals surface area contributed by atoms with Gasteiger partial charge in [0.05, 0.1) is 6.42 Å². The van der Waals surface area contributed by atoms with E-state index in [1.54, 1.807) is 25.2 Å². The number of aliphatic carboxylic acids is 1. The number of H-pyrrole nitrogens is 1. The van der Waals surface area contributed by atoms with E-state index in [4.69, 9.17) is 5.11 Å². The number of carbonyl (C=O) groups is 2. The normalized spacial score (nSPS) is 10.5. The fourth-order valence-corrected chi connectivity index (χ4v) is 1.56. The maximum atomic E-state index is 12.0. The molecule has 7 heteroatoms. The number of fused-ring (bicyclic) bond motifs is 1. The molecule has 1 aromatic heterocycles. The highest BCUT2D eigenvalue weighted by Gasteiger charge is 2.13. The third-order valence-corrected chi connectivity index (χ3v) is 2.57. The number of nitrogens with zero attached hydrogens (tertiary/aromatic N) is 3. The smallest absolute Gasteiger partial charge is 0.305 e. The van der Waals surface area contributed by atoms with Gasteiger partial charge in [-0.3, -0.25) is 9.59 Å². The van der Waals surface area contributed by atoms with Crippen LogP contribution in [0.15, 0.2) is 18.2 Å². The number of aromatic nitrogens is 3. The molecule has 2 N–H and O–H groups in total. The van der Waals surface area contributed by atoms with Crippen molar-refractivity contribution in [2.75, 3.05) is 13.6 Å². The SMILES string of the molecule is CN(CCC(=O)O)C(=O)c1ccc2n[nH]nc2c1. The number of benzene rings is 1. The Labute approximate surface area is 102 Å². The maximum Gasteiger partial charge on any atom is 0.305 e. The summed E-state index contributed by atoms with van der Waals surface area (Å²) in [5.41, 5.74) is 1.75. The van der Waals surface area contributed by atoms with Crippen molar-refractivity contribution in [3.63, 3.8) is 0 Å². The molecule has 0 aliphatic rings. The van der Waals surface area contributed by atoms with Gasteiger partial charge in [0, 0.05) is 19.2 Å². The van der Waals surface area contributed by atoms with Gasteiger partial charge in [-0.15, -0.1) is 0 Å². The quantitative estimate of drug-likeness (QED) is 0.821. The van der Waals surface area contributed by atoms with E-state index in [9.17, 15) is 9.59 Å². The van der Waals surface area contributed by atoms with Crippen LogP contribution in [0, 0.1) is 0 Å². The Kier molecular flexibility index (Phi) is 3.22. The summed E-state index contributed by atoms with van der Waals surface area (Å²) in [4.78, 5) is 23.8. The minimum absolute atomic E-state index is 0.0750. The lowest BCUT2D eigenvalue weighted by Crippen LogP contribution is -2.28. The second kappa shape index (κ2) is 4.82. The number of carboxylic acids is 1. The van der Waals surface area contributed by atoms with Crippen molar-refractivity contribution < 1.29 is 14.7 Å². The van der Waals surface area contributed by atoms with Gasteiger partial charge in [-0.25, -0.2) is 0 Å². The number of carboxylic acid groups (broad SMARTS) is 1. The van der Waals surface area contributed by atoms with E-state index >= 15 is 0 Å². The molecule has 94 valence electrons. The Balaban J connectivity index is 2.14. The van der Waals surface area contributed by atoms with E-state index in [0.29, 0.717) is 16.6 Å². The van der Waals surface area contributed by atoms with Crippen LogP contribution in [0.25, 0.3) is 11.0 Å². The largest absolute Gasteiger partial charge is 0.481 e. The molecule has 0 saturated heterocycles. The van der Waals surface area contributed by atoms with E-state index in [1.165, 1.54) is 4.90 Å². The molecule has 7 nitrogen and oxygen atoms in total. The average molecular weight is 248 g/mol. The minimum Gasteiger partial charge on any atom is -0.481 e. The van der Waals surface area contributed by atoms with Gasteiger partial charge < -0.3 is 10.0 Å². The number of aromatic amines is 1. The van der Waals surface area contributed by atoms with Crippen LogP contribution in [0.4, 0.5) is 0 Å². The van der Waals surface area contributed by atoms with Gasteiger partial charge in [0.15, 0.2) is 0 Å². The Hall–Kier alpha value is -2.44. The molecule has 2 aromatic rings. The average Bonchev–Trinajstić information content (AvgIpc) is 2.81. The Morgan fingerprint density at radius 1 is 1.33 bits per heavy atom. The van der Waals surface area contributed by atoms with Crippen LogP contribution in [-0.4, -0.2) is 50.9 Å². The summed E-state index contributed by atoms with van der Waals surface area (Å²) in [5, 5.41) is 18.8. The minimum atomic E-state index is -0.929. The number of amides is 1. The molecule has 0 unspecified atom stereocenters. The standard InChI is InChI=1S/C11H12N4O3/c1-15(5-4-10(16)17)11(18)7-2-3-8-9(6-7)13-14-12-8/h2-3,6H,4-5H2,1H3,(H,16,17)(H,12,13,14). The Bertz CT molecular complexity index is 593. The fraction of sp³-hybridized carbons (Fsp3) is 0.273. The predicted octanol–water partition coefficient (Wildman–Crippen LogP) is 0.505. The molecule has 0 aliphatic heterocycles. The van der Waals surface area contributed by atoms with Crippen LogP contribution in [0.2, 0.25) is 0 Å². The Morgan fingerprint density at radius 2 is 2.06 bits per heavy atom. The molecule has 1 heterocycles. The van der Waals surface area contributed by atoms with E-state index in [1.807, 2.05) is 0 Å². The molecule has 18 heavy (non-hydrogen) atoms. The van der Waals surface area contributed by atoms with Crippen LogP contribution in [-0.2, 0) is 4.79 Å². The van der Waals surface area contributed by atoms with Crippen molar-refractivity contribution in [2.24, 2.45) is 0 Å². The van der Waals surface area contributed by atoms with E-state index < -0.39 is 5.97 Å². The molecule has 0 fully saturated rings. The summed E-state index contributed by atoms with van der Waals surface area (Å²) in [6.45, 7) is 0.172. The van der Waals surface area contributed by atoms with Crippen LogP contribution >= 0.6 is 0 Å². The second-order valence-electron chi connectivity index (χ2n) is 3.90. The van der Waals surface area contributed by atoms with Gasteiger partial charge >= 0.3 is 5.97 Å². The number of hydrogen-bond acceptors (Lipinski definition) is 4. The van der Waals surface area contributed by atoms with E-state index in [0.717, 1.165) is 0 Å². The van der Waals surface area contributed by atoms with Crippen LogP contribution < -0.4 is 0 Å². The summed E-state index contributed by atoms with van der Waals surface area (Å²) in [6.07, 6.45) is -0.0750. The van der Waals surface area contributed by atoms with Crippen molar-refractivity contribution in [2.45, 2.75) is 6.42 Å². The van der Waals surface area contributed by atoms with Gasteiger partial charge in [-0.1, -0.05) is 0 Å². The summed E-state index contributed by atoms with van der Waals surface area (Å²) in [5.74, 6) is -1.16. The highest BCUT2D eigenvalue weighted by molar-refractivity contribution is 5.97. The fourth-order valence-electron chi connectivity index (χ4n) is 1.56. The monoisotopic (exact) mass is 248 g/mol. The summed E-state index contributed by atoms with van der Waals surface area (Å²) < 4.78 is 0. The topological polar surface area (TPSA) is 99.2 Å². The lowest BCUT2D eigenvalue weighted by Gasteiger charge is -2.15. The molecule has 1 amide bonds. The lowest BCUT2D eigenvalue weighted by atomic mass is 10.1. The number of nitrogens with one attached hydrogen (secondary N) is 1. The first-order valence-electron chi connectivity index (χ1n) is 5.35. The first-order chi connectivity index (χ1) is 8.58. The molecule has 0 aliphatic carbocycles. The molecule has 1 aromatic carbocycles. The van der Waals surface area contributed by atoms with Gasteiger partial charge in [0.1, 0.15) is 11.0 Å². The zero-order valence-electron chi connectivity index (χ0n) is 9.75. The predicted molar refractivity (Wildman–Crippen MR) is 63.1 cm³/mol. The molecule has 0 radical (unpaired) electrons. The van der Waals surface area contributed by atoms with Gasteiger partial charge in [0.25, 0.3) is 5.91 Å². The van der Waals surface area contributed by atoms with Crippen molar-refractivity contribution in [1.82, 2.24) is 20.3 Å². The molecule has 0 atom stereocenters. The Morgan fingerprint density at radius 3 is 2.78 bits per heavy atom. The third-order valence-electron chi connectivity index (χ3n) is 2.57. The van der Waals surface area contributed by atoms with E-state index in [2.05, 4.69) is 15.4 Å². The molecular weight excluding hydrogens is 236 g/mol. The summed E-state index contributed by atoms with van der Waals surface area (Å²) >= 11 is 0. The molecule has 2 rings (SSSR count). The first kappa shape index (κ1) is 12.0. The van der Waals surface area contributed by atoms with Gasteiger partial charge in [-0.2, -0.15) is 15.4 Å². The van der Waals surface area contributed by atoms with Crippen molar-refractivity contribution >= 4 is 22.9 Å². The summed E-state index contributed by atoms with van der Waals surface area (Å²) in [7, 11) is 1.57. The molecule has 0 spiro atoms. The van der Waals surface area contributed by atoms with Gasteiger partial charge in [0.2, 0.25) is 0 Å². The maximum absolute atomic E-state index is 12.0.